The number of nitrogens with one attached hydrogen (secondary N) is 2. The van der Waals surface area contributed by atoms with Crippen molar-refractivity contribution in [3.8, 4) is 0 Å². The highest BCUT2D eigenvalue weighted by Crippen LogP contribution is 2.17. The third kappa shape index (κ3) is 3.13. The molecular weight excluding hydrogens is 280 g/mol. The summed E-state index contributed by atoms with van der Waals surface area (Å²) in [7, 11) is -1.88. The normalized spacial score (nSPS) is 13.2. The summed E-state index contributed by atoms with van der Waals surface area (Å²) >= 11 is 0. The summed E-state index contributed by atoms with van der Waals surface area (Å²) in [6.45, 7) is 1.75. The molecule has 2 rings (SSSR count). The van der Waals surface area contributed by atoms with Crippen LogP contribution in [-0.4, -0.2) is 23.2 Å². The molecule has 0 bridgehead atoms. The smallest absolute Gasteiger partial charge is 0.241 e. The molecule has 2 aromatic heterocycles. The fourth-order valence-electron chi connectivity index (χ4n) is 1.69. The zero-order valence-corrected chi connectivity index (χ0v) is 11.9. The maximum absolute atomic E-state index is 12.3. The van der Waals surface area contributed by atoms with Crippen LogP contribution in [-0.2, 0) is 17.1 Å². The Morgan fingerprint density at radius 3 is 2.80 bits per heavy atom. The zero-order chi connectivity index (χ0) is 14.8. The van der Waals surface area contributed by atoms with Gasteiger partial charge in [-0.2, -0.15) is 5.10 Å². The molecule has 0 aliphatic rings. The average Bonchev–Trinajstić information content (AvgIpc) is 2.85. The summed E-state index contributed by atoms with van der Waals surface area (Å²) < 4.78 is 28.7. The predicted molar refractivity (Wildman–Crippen MR) is 74.0 cm³/mol. The third-order valence-electron chi connectivity index (χ3n) is 2.75. The van der Waals surface area contributed by atoms with Gasteiger partial charge in [-0.3, -0.25) is 4.68 Å². The number of hydrogen-bond donors (Lipinski definition) is 3. The van der Waals surface area contributed by atoms with Gasteiger partial charge in [0.05, 0.1) is 11.1 Å². The maximum atomic E-state index is 12.3. The van der Waals surface area contributed by atoms with E-state index in [4.69, 9.17) is 5.84 Å². The van der Waals surface area contributed by atoms with Crippen molar-refractivity contribution >= 4 is 15.8 Å². The van der Waals surface area contributed by atoms with Gasteiger partial charge >= 0.3 is 0 Å². The Kier molecular flexibility index (Phi) is 4.02. The van der Waals surface area contributed by atoms with E-state index in [-0.39, 0.29) is 10.7 Å². The van der Waals surface area contributed by atoms with Crippen LogP contribution in [0.3, 0.4) is 0 Å². The molecule has 0 amide bonds. The molecule has 0 saturated heterocycles. The zero-order valence-electron chi connectivity index (χ0n) is 11.1. The quantitative estimate of drug-likeness (QED) is 0.534. The second-order valence-corrected chi connectivity index (χ2v) is 6.03. The number of nitrogen functional groups attached to an aromatic ring is 1. The van der Waals surface area contributed by atoms with Gasteiger partial charge in [-0.05, 0) is 13.0 Å². The van der Waals surface area contributed by atoms with Crippen molar-refractivity contribution in [1.29, 1.82) is 0 Å². The Bertz CT molecular complexity index is 696. The van der Waals surface area contributed by atoms with Crippen LogP contribution >= 0.6 is 0 Å². The van der Waals surface area contributed by atoms with Gasteiger partial charge in [-0.1, -0.05) is 0 Å². The molecule has 2 heterocycles. The monoisotopic (exact) mass is 296 g/mol. The van der Waals surface area contributed by atoms with E-state index in [1.807, 2.05) is 0 Å². The number of pyridine rings is 1. The van der Waals surface area contributed by atoms with E-state index >= 15 is 0 Å². The van der Waals surface area contributed by atoms with Gasteiger partial charge in [0.15, 0.2) is 0 Å². The minimum atomic E-state index is -3.65. The van der Waals surface area contributed by atoms with Gasteiger partial charge in [-0.15, -0.1) is 0 Å². The first-order valence-electron chi connectivity index (χ1n) is 5.86. The van der Waals surface area contributed by atoms with Crippen molar-refractivity contribution in [2.24, 2.45) is 12.9 Å². The van der Waals surface area contributed by atoms with E-state index < -0.39 is 16.1 Å². The maximum Gasteiger partial charge on any atom is 0.241 e. The Morgan fingerprint density at radius 1 is 1.45 bits per heavy atom. The van der Waals surface area contributed by atoms with Crippen LogP contribution in [0.1, 0.15) is 18.5 Å². The van der Waals surface area contributed by atoms with E-state index in [2.05, 4.69) is 20.2 Å². The topological polar surface area (TPSA) is 115 Å². The molecule has 0 saturated carbocycles. The lowest BCUT2D eigenvalue weighted by atomic mass is 10.2. The first-order valence-corrected chi connectivity index (χ1v) is 7.34. The first-order chi connectivity index (χ1) is 9.42. The van der Waals surface area contributed by atoms with Crippen molar-refractivity contribution < 1.29 is 8.42 Å². The van der Waals surface area contributed by atoms with Gasteiger partial charge < -0.3 is 5.43 Å². The lowest BCUT2D eigenvalue weighted by Gasteiger charge is -2.13. The van der Waals surface area contributed by atoms with E-state index in [1.165, 1.54) is 18.3 Å². The van der Waals surface area contributed by atoms with E-state index in [1.54, 1.807) is 31.0 Å². The van der Waals surface area contributed by atoms with Crippen molar-refractivity contribution in [3.63, 3.8) is 0 Å². The van der Waals surface area contributed by atoms with Gasteiger partial charge in [0.2, 0.25) is 10.0 Å². The molecule has 108 valence electrons. The second-order valence-electron chi connectivity index (χ2n) is 4.31. The Hall–Kier alpha value is -1.97. The molecule has 0 fully saturated rings. The molecule has 2 aromatic rings. The Labute approximate surface area is 117 Å². The number of anilines is 1. The molecule has 0 spiro atoms. The molecule has 4 N–H and O–H groups in total. The molecule has 0 aromatic carbocycles. The third-order valence-corrected chi connectivity index (χ3v) is 4.28. The second kappa shape index (κ2) is 5.57. The first kappa shape index (κ1) is 14.4. The summed E-state index contributed by atoms with van der Waals surface area (Å²) in [6.07, 6.45) is 4.75. The van der Waals surface area contributed by atoms with Crippen molar-refractivity contribution in [2.45, 2.75) is 17.9 Å². The molecule has 1 atom stereocenters. The molecule has 9 heteroatoms. The number of hydrazine groups is 1. The van der Waals surface area contributed by atoms with Gasteiger partial charge in [-0.25, -0.2) is 24.0 Å². The molecule has 20 heavy (non-hydrogen) atoms. The molecule has 0 aliphatic carbocycles. The van der Waals surface area contributed by atoms with Crippen LogP contribution in [0.5, 0.6) is 0 Å². The van der Waals surface area contributed by atoms with Gasteiger partial charge in [0.25, 0.3) is 0 Å². The van der Waals surface area contributed by atoms with E-state index in [0.29, 0.717) is 0 Å². The summed E-state index contributed by atoms with van der Waals surface area (Å²) in [6, 6.07) is 2.37. The highest BCUT2D eigenvalue weighted by molar-refractivity contribution is 7.89. The Balaban J connectivity index is 2.22. The number of aryl methyl sites for hydroxylation is 1. The fraction of sp³-hybridized carbons (Fsp3) is 0.273. The Morgan fingerprint density at radius 2 is 2.20 bits per heavy atom. The van der Waals surface area contributed by atoms with E-state index in [0.717, 1.165) is 5.56 Å². The van der Waals surface area contributed by atoms with Crippen LogP contribution in [0.25, 0.3) is 0 Å². The summed E-state index contributed by atoms with van der Waals surface area (Å²) in [5, 5.41) is 4.01. The SMILES string of the molecule is CC(NS(=O)(=O)c1ccnc(NN)c1)c1cnn(C)c1. The number of nitrogens with zero attached hydrogens (tertiary/aromatic N) is 3. The van der Waals surface area contributed by atoms with E-state index in [9.17, 15) is 8.42 Å². The van der Waals surface area contributed by atoms with Crippen molar-refractivity contribution in [2.75, 3.05) is 5.43 Å². The van der Waals surface area contributed by atoms with Crippen LogP contribution < -0.4 is 16.0 Å². The minimum absolute atomic E-state index is 0.0937. The molecule has 0 radical (unpaired) electrons. The van der Waals surface area contributed by atoms with Crippen LogP contribution in [0.4, 0.5) is 5.82 Å². The molecule has 1 unspecified atom stereocenters. The van der Waals surface area contributed by atoms with Crippen LogP contribution in [0.15, 0.2) is 35.6 Å². The average molecular weight is 296 g/mol. The number of aromatic nitrogens is 3. The lowest BCUT2D eigenvalue weighted by Crippen LogP contribution is -2.27. The lowest BCUT2D eigenvalue weighted by molar-refractivity contribution is 0.566. The summed E-state index contributed by atoms with van der Waals surface area (Å²) in [4.78, 5) is 3.96. The number of rotatable bonds is 5. The highest BCUT2D eigenvalue weighted by Gasteiger charge is 2.19. The molecule has 8 nitrogen and oxygen atoms in total. The predicted octanol–water partition coefficient (Wildman–Crippen LogP) is 0.140. The number of sulfonamides is 1. The minimum Gasteiger partial charge on any atom is -0.308 e. The standard InChI is InChI=1S/C11H16N6O2S/c1-8(9-6-14-17(2)7-9)16-20(18,19)10-3-4-13-11(5-10)15-12/h3-8,16H,12H2,1-2H3,(H,13,15). The summed E-state index contributed by atoms with van der Waals surface area (Å²) in [5.41, 5.74) is 3.09. The van der Waals surface area contributed by atoms with Crippen molar-refractivity contribution in [1.82, 2.24) is 19.5 Å². The summed E-state index contributed by atoms with van der Waals surface area (Å²) in [5.74, 6) is 5.50. The molecular formula is C11H16N6O2S. The largest absolute Gasteiger partial charge is 0.308 e. The molecule has 0 aliphatic heterocycles. The van der Waals surface area contributed by atoms with Crippen LogP contribution in [0, 0.1) is 0 Å². The van der Waals surface area contributed by atoms with Crippen molar-refractivity contribution in [3.05, 3.63) is 36.3 Å². The van der Waals surface area contributed by atoms with Crippen LogP contribution in [0.2, 0.25) is 0 Å². The highest BCUT2D eigenvalue weighted by atomic mass is 32.2. The van der Waals surface area contributed by atoms with Gasteiger partial charge in [0, 0.05) is 37.1 Å². The number of nitrogens with two attached hydrogens (primary N) is 1. The number of hydrogen-bond acceptors (Lipinski definition) is 6. The fourth-order valence-corrected chi connectivity index (χ4v) is 2.93. The van der Waals surface area contributed by atoms with Gasteiger partial charge in [0.1, 0.15) is 5.82 Å².